The number of hydrogen-bond acceptors (Lipinski definition) is 8. The lowest BCUT2D eigenvalue weighted by Gasteiger charge is -2.01. The number of thiophene rings is 1. The number of aldehydes is 1. The van der Waals surface area contributed by atoms with Crippen molar-refractivity contribution in [1.82, 2.24) is 4.98 Å². The molecular weight excluding hydrogens is 444 g/mol. The molecule has 0 unspecified atom stereocenters. The summed E-state index contributed by atoms with van der Waals surface area (Å²) in [5.74, 6) is -0.209. The Morgan fingerprint density at radius 2 is 1.85 bits per heavy atom. The average Bonchev–Trinajstić information content (AvgIpc) is 3.58. The fourth-order valence-corrected chi connectivity index (χ4v) is 4.00. The summed E-state index contributed by atoms with van der Waals surface area (Å²) >= 11 is 1.24. The van der Waals surface area contributed by atoms with Gasteiger partial charge in [-0.15, -0.1) is 11.3 Å². The molecule has 5 aromatic rings. The molecule has 0 aliphatic carbocycles. The van der Waals surface area contributed by atoms with E-state index >= 15 is 0 Å². The summed E-state index contributed by atoms with van der Waals surface area (Å²) in [6, 6.07) is 13.8. The maximum Gasteiger partial charge on any atom is 0.311 e. The Hall–Kier alpha value is -3.95. The van der Waals surface area contributed by atoms with Crippen LogP contribution in [0.4, 0.5) is 5.69 Å². The quantitative estimate of drug-likeness (QED) is 0.290. The molecule has 0 saturated heterocycles. The van der Waals surface area contributed by atoms with E-state index in [9.17, 15) is 14.7 Å². The number of carbonyl (C=O) groups is 2. The zero-order valence-corrected chi connectivity index (χ0v) is 19.0. The van der Waals surface area contributed by atoms with Crippen LogP contribution in [-0.2, 0) is 0 Å². The lowest BCUT2D eigenvalue weighted by Crippen LogP contribution is -2.12. The highest BCUT2D eigenvalue weighted by Crippen LogP contribution is 2.39. The maximum atomic E-state index is 12.5. The van der Waals surface area contributed by atoms with Crippen molar-refractivity contribution in [2.75, 3.05) is 12.4 Å². The Balaban J connectivity index is 0.000000728. The number of nitrogens with zero attached hydrogens (tertiary/aromatic N) is 1. The van der Waals surface area contributed by atoms with E-state index in [0.717, 1.165) is 7.11 Å². The molecule has 33 heavy (non-hydrogen) atoms. The molecule has 0 aliphatic heterocycles. The van der Waals surface area contributed by atoms with E-state index < -0.39 is 5.91 Å². The molecule has 2 aromatic carbocycles. The summed E-state index contributed by atoms with van der Waals surface area (Å²) in [5, 5.41) is 22.0. The predicted octanol–water partition coefficient (Wildman–Crippen LogP) is 5.71. The summed E-state index contributed by atoms with van der Waals surface area (Å²) in [6.07, 6.45) is 0.653. The molecule has 1 amide bonds. The number of aliphatic hydroxyl groups excluding tert-OH is 1. The lowest BCUT2D eigenvalue weighted by atomic mass is 10.2. The molecule has 0 spiro atoms. The van der Waals surface area contributed by atoms with Crippen LogP contribution in [0.2, 0.25) is 0 Å². The molecule has 0 aliphatic rings. The van der Waals surface area contributed by atoms with E-state index in [2.05, 4.69) is 10.3 Å². The number of aromatic hydroxyl groups is 1. The molecule has 0 atom stereocenters. The van der Waals surface area contributed by atoms with Crippen molar-refractivity contribution in [2.24, 2.45) is 0 Å². The molecule has 8 nitrogen and oxygen atoms in total. The number of hydrogen-bond donors (Lipinski definition) is 3. The minimum atomic E-state index is -0.559. The minimum absolute atomic E-state index is 0.0162. The number of benzene rings is 2. The van der Waals surface area contributed by atoms with Gasteiger partial charge in [0.15, 0.2) is 23.2 Å². The molecule has 3 N–H and O–H groups in total. The first-order chi connectivity index (χ1) is 16.1. The summed E-state index contributed by atoms with van der Waals surface area (Å²) in [4.78, 5) is 29.0. The molecule has 0 radical (unpaired) electrons. The third-order valence-corrected chi connectivity index (χ3v) is 5.44. The second-order valence-electron chi connectivity index (χ2n) is 6.26. The van der Waals surface area contributed by atoms with Crippen LogP contribution in [0.5, 0.6) is 5.75 Å². The number of rotatable bonds is 4. The van der Waals surface area contributed by atoms with Crippen molar-refractivity contribution in [2.45, 2.75) is 13.8 Å². The van der Waals surface area contributed by atoms with Crippen molar-refractivity contribution >= 4 is 51.3 Å². The molecule has 9 heteroatoms. The van der Waals surface area contributed by atoms with Gasteiger partial charge >= 0.3 is 5.91 Å². The fraction of sp³-hybridized carbons (Fsp3) is 0.125. The van der Waals surface area contributed by atoms with E-state index in [-0.39, 0.29) is 17.2 Å². The number of furan rings is 1. The first-order valence-electron chi connectivity index (χ1n) is 10.0. The van der Waals surface area contributed by atoms with Crippen LogP contribution >= 0.6 is 11.3 Å². The first-order valence-corrected chi connectivity index (χ1v) is 10.9. The highest BCUT2D eigenvalue weighted by atomic mass is 32.1. The Morgan fingerprint density at radius 1 is 1.09 bits per heavy atom. The van der Waals surface area contributed by atoms with E-state index in [1.165, 1.54) is 17.4 Å². The van der Waals surface area contributed by atoms with Gasteiger partial charge in [-0.25, -0.2) is 4.98 Å². The van der Waals surface area contributed by atoms with Crippen molar-refractivity contribution in [3.63, 3.8) is 0 Å². The molecule has 0 saturated carbocycles. The number of phenols is 1. The SMILES string of the molecule is CC.CO.O=Cc1c(NC(=O)c2nc3ccccc3o2)csc1-c1cc2cccc(O)c2o1. The molecule has 0 fully saturated rings. The van der Waals surface area contributed by atoms with Gasteiger partial charge in [-0.05, 0) is 24.3 Å². The van der Waals surface area contributed by atoms with Crippen LogP contribution in [-0.4, -0.2) is 34.5 Å². The van der Waals surface area contributed by atoms with Gasteiger partial charge < -0.3 is 24.4 Å². The largest absolute Gasteiger partial charge is 0.504 e. The summed E-state index contributed by atoms with van der Waals surface area (Å²) < 4.78 is 11.2. The van der Waals surface area contributed by atoms with Crippen LogP contribution < -0.4 is 5.32 Å². The number of amides is 1. The average molecular weight is 467 g/mol. The molecule has 3 heterocycles. The van der Waals surface area contributed by atoms with Gasteiger partial charge in [0.25, 0.3) is 5.89 Å². The highest BCUT2D eigenvalue weighted by molar-refractivity contribution is 7.14. The Morgan fingerprint density at radius 3 is 2.55 bits per heavy atom. The zero-order chi connectivity index (χ0) is 24.0. The zero-order valence-electron chi connectivity index (χ0n) is 18.2. The summed E-state index contributed by atoms with van der Waals surface area (Å²) in [7, 11) is 1.00. The third kappa shape index (κ3) is 4.64. The van der Waals surface area contributed by atoms with Gasteiger partial charge in [-0.3, -0.25) is 9.59 Å². The standard InChI is InChI=1S/C21H12N2O5S.C2H6.CH4O/c24-9-12-14(22-20(26)21-23-13-5-1-2-7-16(13)28-21)10-29-19(12)17-8-11-4-3-6-15(25)18(11)27-17;2*1-2/h1-10,25H,(H,22,26);1-2H3;2H,1H3. The fourth-order valence-electron chi connectivity index (χ4n) is 3.08. The summed E-state index contributed by atoms with van der Waals surface area (Å²) in [6.45, 7) is 4.00. The Bertz CT molecular complexity index is 1370. The number of nitrogens with one attached hydrogen (secondary N) is 1. The molecule has 3 aromatic heterocycles. The van der Waals surface area contributed by atoms with Crippen molar-refractivity contribution < 1.29 is 28.6 Å². The number of carbonyl (C=O) groups excluding carboxylic acids is 2. The number of aliphatic hydroxyl groups is 1. The number of oxazole rings is 1. The topological polar surface area (TPSA) is 126 Å². The highest BCUT2D eigenvalue weighted by Gasteiger charge is 2.21. The number of para-hydroxylation sites is 3. The van der Waals surface area contributed by atoms with Crippen molar-refractivity contribution in [3.8, 4) is 16.4 Å². The van der Waals surface area contributed by atoms with Gasteiger partial charge in [-0.2, -0.15) is 0 Å². The Kier molecular flexibility index (Phi) is 7.60. The van der Waals surface area contributed by atoms with Gasteiger partial charge in [0.05, 0.1) is 16.1 Å². The first kappa shape index (κ1) is 23.7. The second-order valence-corrected chi connectivity index (χ2v) is 7.14. The monoisotopic (exact) mass is 466 g/mol. The molecular formula is C24H22N2O6S. The van der Waals surface area contributed by atoms with Crippen LogP contribution in [0.1, 0.15) is 34.9 Å². The van der Waals surface area contributed by atoms with E-state index in [0.29, 0.717) is 44.7 Å². The van der Waals surface area contributed by atoms with E-state index in [4.69, 9.17) is 13.9 Å². The normalized spacial score (nSPS) is 10.2. The van der Waals surface area contributed by atoms with Gasteiger partial charge in [0, 0.05) is 17.9 Å². The van der Waals surface area contributed by atoms with Crippen molar-refractivity contribution in [3.05, 3.63) is 65.4 Å². The summed E-state index contributed by atoms with van der Waals surface area (Å²) in [5.41, 5.74) is 2.02. The predicted molar refractivity (Wildman–Crippen MR) is 128 cm³/mol. The van der Waals surface area contributed by atoms with Gasteiger partial charge in [0.2, 0.25) is 0 Å². The molecule has 5 rings (SSSR count). The van der Waals surface area contributed by atoms with Crippen LogP contribution in [0.25, 0.3) is 32.7 Å². The van der Waals surface area contributed by atoms with Crippen LogP contribution in [0.15, 0.2) is 62.7 Å². The van der Waals surface area contributed by atoms with Crippen LogP contribution in [0.3, 0.4) is 0 Å². The Labute approximate surface area is 193 Å². The van der Waals surface area contributed by atoms with Crippen molar-refractivity contribution in [1.29, 1.82) is 0 Å². The molecule has 170 valence electrons. The lowest BCUT2D eigenvalue weighted by molar-refractivity contribution is 0.0992. The van der Waals surface area contributed by atoms with Crippen LogP contribution in [0, 0.1) is 0 Å². The van der Waals surface area contributed by atoms with E-state index in [1.807, 2.05) is 13.8 Å². The second kappa shape index (κ2) is 10.6. The number of fused-ring (bicyclic) bond motifs is 2. The smallest absolute Gasteiger partial charge is 0.311 e. The number of anilines is 1. The van der Waals surface area contributed by atoms with Gasteiger partial charge in [-0.1, -0.05) is 38.1 Å². The number of aromatic nitrogens is 1. The minimum Gasteiger partial charge on any atom is -0.504 e. The maximum absolute atomic E-state index is 12.5. The van der Waals surface area contributed by atoms with E-state index in [1.54, 1.807) is 47.8 Å². The number of phenolic OH excluding ortho intramolecular Hbond substituents is 1. The third-order valence-electron chi connectivity index (χ3n) is 4.43. The van der Waals surface area contributed by atoms with Gasteiger partial charge in [0.1, 0.15) is 11.3 Å². The molecule has 0 bridgehead atoms.